The molecule has 0 aliphatic heterocycles. The van der Waals surface area contributed by atoms with Crippen molar-refractivity contribution in [2.45, 2.75) is 33.2 Å². The van der Waals surface area contributed by atoms with Crippen LogP contribution >= 0.6 is 12.4 Å². The number of halogens is 1. The van der Waals surface area contributed by atoms with Crippen LogP contribution in [0.3, 0.4) is 0 Å². The van der Waals surface area contributed by atoms with E-state index in [1.807, 2.05) is 27.0 Å². The highest BCUT2D eigenvalue weighted by Gasteiger charge is 2.32. The molecule has 1 aromatic heterocycles. The van der Waals surface area contributed by atoms with Gasteiger partial charge in [0.1, 0.15) is 0 Å². The highest BCUT2D eigenvalue weighted by atomic mass is 35.5. The van der Waals surface area contributed by atoms with Crippen molar-refractivity contribution >= 4 is 18.3 Å². The Kier molecular flexibility index (Phi) is 6.94. The molecule has 0 aliphatic carbocycles. The Hall–Kier alpha value is -1.07. The number of aromatic nitrogens is 2. The first kappa shape index (κ1) is 16.9. The van der Waals surface area contributed by atoms with Gasteiger partial charge in [-0.1, -0.05) is 13.8 Å². The third-order valence-corrected chi connectivity index (χ3v) is 3.58. The molecular weight excluding hydrogens is 252 g/mol. The second kappa shape index (κ2) is 7.38. The molecule has 1 aromatic rings. The number of hydrogen-bond acceptors (Lipinski definition) is 3. The molecule has 3 N–H and O–H groups in total. The summed E-state index contributed by atoms with van der Waals surface area (Å²) in [4.78, 5) is 12.1. The van der Waals surface area contributed by atoms with Crippen molar-refractivity contribution in [1.29, 1.82) is 0 Å². The second-order valence-corrected chi connectivity index (χ2v) is 4.32. The lowest BCUT2D eigenvalue weighted by Crippen LogP contribution is -2.45. The van der Waals surface area contributed by atoms with E-state index in [1.165, 1.54) is 0 Å². The fraction of sp³-hybridized carbons (Fsp3) is 0.667. The van der Waals surface area contributed by atoms with Gasteiger partial charge >= 0.3 is 0 Å². The number of rotatable bonds is 6. The fourth-order valence-corrected chi connectivity index (χ4v) is 1.89. The first-order valence-electron chi connectivity index (χ1n) is 6.05. The lowest BCUT2D eigenvalue weighted by atomic mass is 9.81. The van der Waals surface area contributed by atoms with Gasteiger partial charge in [-0.25, -0.2) is 0 Å². The highest BCUT2D eigenvalue weighted by Crippen LogP contribution is 2.24. The predicted octanol–water partition coefficient (Wildman–Crippen LogP) is 1.22. The van der Waals surface area contributed by atoms with Crippen molar-refractivity contribution in [3.63, 3.8) is 0 Å². The normalized spacial score (nSPS) is 10.9. The summed E-state index contributed by atoms with van der Waals surface area (Å²) in [6, 6.07) is 1.89. The van der Waals surface area contributed by atoms with Gasteiger partial charge < -0.3 is 11.1 Å². The van der Waals surface area contributed by atoms with E-state index in [1.54, 1.807) is 10.9 Å². The van der Waals surface area contributed by atoms with Crippen LogP contribution in [0.2, 0.25) is 0 Å². The van der Waals surface area contributed by atoms with Crippen LogP contribution < -0.4 is 11.1 Å². The summed E-state index contributed by atoms with van der Waals surface area (Å²) < 4.78 is 1.75. The quantitative estimate of drug-likeness (QED) is 0.819. The van der Waals surface area contributed by atoms with Crippen molar-refractivity contribution in [3.05, 3.63) is 18.0 Å². The molecule has 1 rings (SSSR count). The highest BCUT2D eigenvalue weighted by molar-refractivity contribution is 5.85. The van der Waals surface area contributed by atoms with Crippen molar-refractivity contribution in [3.8, 4) is 0 Å². The second-order valence-electron chi connectivity index (χ2n) is 4.32. The van der Waals surface area contributed by atoms with Gasteiger partial charge in [0, 0.05) is 19.8 Å². The largest absolute Gasteiger partial charge is 0.350 e. The maximum absolute atomic E-state index is 12.1. The first-order valence-corrected chi connectivity index (χ1v) is 6.05. The van der Waals surface area contributed by atoms with Crippen LogP contribution in [0.15, 0.2) is 12.3 Å². The Labute approximate surface area is 115 Å². The summed E-state index contributed by atoms with van der Waals surface area (Å²) in [5.74, 6) is 0.0335. The number of nitrogens with zero attached hydrogens (tertiary/aromatic N) is 2. The number of carbonyl (C=O) groups is 1. The summed E-state index contributed by atoms with van der Waals surface area (Å²) in [6.07, 6.45) is 3.24. The number of hydrogen-bond donors (Lipinski definition) is 2. The molecule has 0 atom stereocenters. The lowest BCUT2D eigenvalue weighted by Gasteiger charge is -2.28. The zero-order valence-corrected chi connectivity index (χ0v) is 12.1. The topological polar surface area (TPSA) is 72.9 Å². The summed E-state index contributed by atoms with van der Waals surface area (Å²) in [5, 5.41) is 7.00. The molecule has 0 bridgehead atoms. The smallest absolute Gasteiger partial charge is 0.227 e. The van der Waals surface area contributed by atoms with E-state index in [4.69, 9.17) is 5.73 Å². The molecule has 1 heterocycles. The number of aryl methyl sites for hydroxylation is 1. The maximum atomic E-state index is 12.1. The molecule has 0 unspecified atom stereocenters. The summed E-state index contributed by atoms with van der Waals surface area (Å²) in [5.41, 5.74) is 6.28. The van der Waals surface area contributed by atoms with Gasteiger partial charge in [-0.3, -0.25) is 9.48 Å². The Morgan fingerprint density at radius 1 is 1.50 bits per heavy atom. The van der Waals surface area contributed by atoms with E-state index in [-0.39, 0.29) is 18.3 Å². The Morgan fingerprint density at radius 2 is 2.11 bits per heavy atom. The molecule has 104 valence electrons. The first-order chi connectivity index (χ1) is 8.09. The molecule has 0 saturated heterocycles. The van der Waals surface area contributed by atoms with Gasteiger partial charge in [0.05, 0.1) is 17.7 Å². The van der Waals surface area contributed by atoms with Crippen molar-refractivity contribution in [2.24, 2.45) is 18.2 Å². The fourth-order valence-electron chi connectivity index (χ4n) is 1.89. The molecular formula is C12H23ClN4O. The molecule has 1 amide bonds. The minimum absolute atomic E-state index is 0. The van der Waals surface area contributed by atoms with Crippen molar-refractivity contribution in [1.82, 2.24) is 15.1 Å². The monoisotopic (exact) mass is 274 g/mol. The van der Waals surface area contributed by atoms with Crippen LogP contribution in [-0.2, 0) is 18.4 Å². The molecule has 0 saturated carbocycles. The molecule has 0 radical (unpaired) electrons. The van der Waals surface area contributed by atoms with E-state index in [2.05, 4.69) is 10.4 Å². The average Bonchev–Trinajstić information content (AvgIpc) is 2.75. The number of nitrogens with one attached hydrogen (secondary N) is 1. The Balaban J connectivity index is 0.00000289. The predicted molar refractivity (Wildman–Crippen MR) is 74.4 cm³/mol. The minimum atomic E-state index is -0.432. The van der Waals surface area contributed by atoms with Gasteiger partial charge in [-0.15, -0.1) is 12.4 Å². The van der Waals surface area contributed by atoms with Crippen LogP contribution in [0.1, 0.15) is 32.4 Å². The Bertz CT molecular complexity index is 366. The molecule has 5 nitrogen and oxygen atoms in total. The third-order valence-electron chi connectivity index (χ3n) is 3.58. The van der Waals surface area contributed by atoms with Crippen LogP contribution in [0.5, 0.6) is 0 Å². The molecule has 0 fully saturated rings. The molecule has 0 aliphatic rings. The third kappa shape index (κ3) is 3.46. The number of amides is 1. The van der Waals surface area contributed by atoms with E-state index in [0.717, 1.165) is 18.5 Å². The zero-order valence-electron chi connectivity index (χ0n) is 11.3. The maximum Gasteiger partial charge on any atom is 0.227 e. The van der Waals surface area contributed by atoms with Crippen molar-refractivity contribution in [2.75, 3.05) is 6.54 Å². The summed E-state index contributed by atoms with van der Waals surface area (Å²) in [7, 11) is 1.86. The molecule has 0 spiro atoms. The SMILES string of the molecule is CCC(CC)(CN)C(=O)NCc1ccnn1C.Cl. The summed E-state index contributed by atoms with van der Waals surface area (Å²) in [6.45, 7) is 4.88. The molecule has 0 aromatic carbocycles. The molecule has 6 heteroatoms. The van der Waals surface area contributed by atoms with Gasteiger partial charge in [-0.05, 0) is 18.9 Å². The van der Waals surface area contributed by atoms with E-state index in [9.17, 15) is 4.79 Å². The van der Waals surface area contributed by atoms with Crippen LogP contribution in [0.4, 0.5) is 0 Å². The van der Waals surface area contributed by atoms with Gasteiger partial charge in [0.15, 0.2) is 0 Å². The summed E-state index contributed by atoms with van der Waals surface area (Å²) >= 11 is 0. The van der Waals surface area contributed by atoms with E-state index < -0.39 is 5.41 Å². The van der Waals surface area contributed by atoms with Crippen LogP contribution in [-0.4, -0.2) is 22.2 Å². The van der Waals surface area contributed by atoms with Gasteiger partial charge in [-0.2, -0.15) is 5.10 Å². The van der Waals surface area contributed by atoms with Crippen LogP contribution in [0.25, 0.3) is 0 Å². The standard InChI is InChI=1S/C12H22N4O.ClH/c1-4-12(5-2,9-13)11(17)14-8-10-6-7-15-16(10)3;/h6-7H,4-5,8-9,13H2,1-3H3,(H,14,17);1H. The van der Waals surface area contributed by atoms with E-state index in [0.29, 0.717) is 13.1 Å². The van der Waals surface area contributed by atoms with Crippen molar-refractivity contribution < 1.29 is 4.79 Å². The Morgan fingerprint density at radius 3 is 2.50 bits per heavy atom. The van der Waals surface area contributed by atoms with Gasteiger partial charge in [0.25, 0.3) is 0 Å². The number of carbonyl (C=O) groups excluding carboxylic acids is 1. The zero-order chi connectivity index (χ0) is 12.9. The average molecular weight is 275 g/mol. The van der Waals surface area contributed by atoms with E-state index >= 15 is 0 Å². The molecule has 18 heavy (non-hydrogen) atoms. The van der Waals surface area contributed by atoms with Crippen LogP contribution in [0, 0.1) is 5.41 Å². The minimum Gasteiger partial charge on any atom is -0.350 e. The lowest BCUT2D eigenvalue weighted by molar-refractivity contribution is -0.131. The number of nitrogens with two attached hydrogens (primary N) is 1. The van der Waals surface area contributed by atoms with Gasteiger partial charge in [0.2, 0.25) is 5.91 Å².